The van der Waals surface area contributed by atoms with Crippen molar-refractivity contribution in [2.45, 2.75) is 57.9 Å². The van der Waals surface area contributed by atoms with Crippen LogP contribution in [0.4, 0.5) is 0 Å². The summed E-state index contributed by atoms with van der Waals surface area (Å²) in [4.78, 5) is 27.2. The van der Waals surface area contributed by atoms with Crippen LogP contribution in [0.2, 0.25) is 5.02 Å². The number of rotatable bonds is 8. The molecule has 5 nitrogen and oxygen atoms in total. The molecule has 1 aliphatic carbocycles. The second-order valence-corrected chi connectivity index (χ2v) is 8.86. The molecule has 1 aliphatic heterocycles. The van der Waals surface area contributed by atoms with Crippen LogP contribution in [0.5, 0.6) is 0 Å². The summed E-state index contributed by atoms with van der Waals surface area (Å²) in [7, 11) is 0. The van der Waals surface area contributed by atoms with Crippen LogP contribution >= 0.6 is 23.8 Å². The van der Waals surface area contributed by atoms with Crippen molar-refractivity contribution >= 4 is 40.7 Å². The van der Waals surface area contributed by atoms with Gasteiger partial charge in [0.1, 0.15) is 0 Å². The van der Waals surface area contributed by atoms with Gasteiger partial charge in [-0.2, -0.15) is 0 Å². The Bertz CT molecular complexity index is 740. The van der Waals surface area contributed by atoms with E-state index in [2.05, 4.69) is 17.6 Å². The van der Waals surface area contributed by atoms with E-state index in [4.69, 9.17) is 23.8 Å². The Balaban J connectivity index is 1.47. The standard InChI is InChI=1S/C22H30ClN3O2S/c1-2-3-4-13-26-21(28)18-10-7-16(14-19(18)25-22(26)29)20(27)24-12-11-15-5-8-17(23)9-6-15/h5-6,8-9,16,18-19H,2-4,7,10-14H2,1H3,(H,24,27)(H,25,29). The van der Waals surface area contributed by atoms with E-state index in [1.165, 1.54) is 0 Å². The molecule has 1 saturated carbocycles. The maximum absolute atomic E-state index is 12.9. The number of hydrogen-bond donors (Lipinski definition) is 2. The highest BCUT2D eigenvalue weighted by atomic mass is 35.5. The molecule has 3 rings (SSSR count). The van der Waals surface area contributed by atoms with Crippen LogP contribution in [0.3, 0.4) is 0 Å². The SMILES string of the molecule is CCCCCN1C(=O)C2CCC(C(=O)NCCc3ccc(Cl)cc3)CC2NC1=S. The molecule has 1 saturated heterocycles. The molecule has 29 heavy (non-hydrogen) atoms. The van der Waals surface area contributed by atoms with E-state index in [0.717, 1.165) is 44.1 Å². The summed E-state index contributed by atoms with van der Waals surface area (Å²) in [5.41, 5.74) is 1.14. The van der Waals surface area contributed by atoms with Gasteiger partial charge in [0, 0.05) is 30.1 Å². The van der Waals surface area contributed by atoms with Crippen molar-refractivity contribution in [1.29, 1.82) is 0 Å². The van der Waals surface area contributed by atoms with E-state index in [1.807, 2.05) is 24.3 Å². The zero-order valence-electron chi connectivity index (χ0n) is 17.0. The minimum Gasteiger partial charge on any atom is -0.359 e. The molecule has 2 aliphatic rings. The first-order valence-electron chi connectivity index (χ1n) is 10.6. The van der Waals surface area contributed by atoms with Crippen molar-refractivity contribution in [1.82, 2.24) is 15.5 Å². The Kier molecular flexibility index (Phi) is 7.90. The molecule has 7 heteroatoms. The quantitative estimate of drug-likeness (QED) is 0.483. The number of amides is 2. The summed E-state index contributed by atoms with van der Waals surface area (Å²) in [6.07, 6.45) is 6.10. The number of benzene rings is 1. The molecule has 0 radical (unpaired) electrons. The van der Waals surface area contributed by atoms with Crippen LogP contribution in [-0.4, -0.2) is 41.0 Å². The lowest BCUT2D eigenvalue weighted by Gasteiger charge is -2.43. The number of fused-ring (bicyclic) bond motifs is 1. The predicted octanol–water partition coefficient (Wildman–Crippen LogP) is 3.69. The number of halogens is 1. The average molecular weight is 436 g/mol. The lowest BCUT2D eigenvalue weighted by Crippen LogP contribution is -2.62. The molecule has 3 unspecified atom stereocenters. The van der Waals surface area contributed by atoms with Gasteiger partial charge in [0.15, 0.2) is 5.11 Å². The Morgan fingerprint density at radius 2 is 2.03 bits per heavy atom. The van der Waals surface area contributed by atoms with Crippen molar-refractivity contribution in [3.63, 3.8) is 0 Å². The molecule has 2 fully saturated rings. The van der Waals surface area contributed by atoms with Crippen molar-refractivity contribution in [2.24, 2.45) is 11.8 Å². The predicted molar refractivity (Wildman–Crippen MR) is 120 cm³/mol. The average Bonchev–Trinajstić information content (AvgIpc) is 2.71. The van der Waals surface area contributed by atoms with Crippen LogP contribution in [0.1, 0.15) is 51.0 Å². The number of nitrogens with one attached hydrogen (secondary N) is 2. The topological polar surface area (TPSA) is 61.4 Å². The van der Waals surface area contributed by atoms with Gasteiger partial charge in [0.25, 0.3) is 0 Å². The monoisotopic (exact) mass is 435 g/mol. The molecule has 2 N–H and O–H groups in total. The third-order valence-electron chi connectivity index (χ3n) is 5.97. The molecular weight excluding hydrogens is 406 g/mol. The molecule has 0 aromatic heterocycles. The normalized spacial score (nSPS) is 24.1. The number of carbonyl (C=O) groups excluding carboxylic acids is 2. The summed E-state index contributed by atoms with van der Waals surface area (Å²) < 4.78 is 0. The lowest BCUT2D eigenvalue weighted by atomic mass is 9.76. The van der Waals surface area contributed by atoms with Gasteiger partial charge in [-0.1, -0.05) is 43.5 Å². The Labute approximate surface area is 183 Å². The largest absolute Gasteiger partial charge is 0.359 e. The Hall–Kier alpha value is -1.66. The molecule has 0 spiro atoms. The zero-order chi connectivity index (χ0) is 20.8. The van der Waals surface area contributed by atoms with Crippen molar-refractivity contribution in [3.05, 3.63) is 34.9 Å². The first kappa shape index (κ1) is 22.0. The molecule has 0 bridgehead atoms. The van der Waals surface area contributed by atoms with E-state index in [0.29, 0.717) is 29.6 Å². The zero-order valence-corrected chi connectivity index (χ0v) is 18.5. The smallest absolute Gasteiger partial charge is 0.233 e. The van der Waals surface area contributed by atoms with Gasteiger partial charge in [-0.25, -0.2) is 0 Å². The van der Waals surface area contributed by atoms with E-state index < -0.39 is 0 Å². The van der Waals surface area contributed by atoms with Gasteiger partial charge in [0.2, 0.25) is 11.8 Å². The van der Waals surface area contributed by atoms with E-state index in [-0.39, 0.29) is 29.7 Å². The Morgan fingerprint density at radius 3 is 2.76 bits per heavy atom. The molecule has 158 valence electrons. The van der Waals surface area contributed by atoms with Crippen LogP contribution < -0.4 is 10.6 Å². The van der Waals surface area contributed by atoms with Gasteiger partial charge in [-0.15, -0.1) is 0 Å². The molecule has 1 aromatic rings. The number of thiocarbonyl (C=S) groups is 1. The molecule has 1 heterocycles. The van der Waals surface area contributed by atoms with Crippen molar-refractivity contribution in [3.8, 4) is 0 Å². The van der Waals surface area contributed by atoms with E-state index in [9.17, 15) is 9.59 Å². The summed E-state index contributed by atoms with van der Waals surface area (Å²) in [5, 5.41) is 7.63. The summed E-state index contributed by atoms with van der Waals surface area (Å²) >= 11 is 11.3. The number of carbonyl (C=O) groups is 2. The minimum atomic E-state index is -0.0730. The molecule has 1 aromatic carbocycles. The number of unbranched alkanes of at least 4 members (excludes halogenated alkanes) is 2. The van der Waals surface area contributed by atoms with Crippen molar-refractivity contribution < 1.29 is 9.59 Å². The third kappa shape index (κ3) is 5.70. The lowest BCUT2D eigenvalue weighted by molar-refractivity contribution is -0.137. The minimum absolute atomic E-state index is 0.0295. The van der Waals surface area contributed by atoms with E-state index in [1.54, 1.807) is 4.90 Å². The number of nitrogens with zero attached hydrogens (tertiary/aromatic N) is 1. The fourth-order valence-electron chi connectivity index (χ4n) is 4.26. The van der Waals surface area contributed by atoms with E-state index >= 15 is 0 Å². The first-order chi connectivity index (χ1) is 14.0. The molecule has 3 atom stereocenters. The molecule has 2 amide bonds. The Morgan fingerprint density at radius 1 is 1.28 bits per heavy atom. The molecular formula is C22H30ClN3O2S. The van der Waals surface area contributed by atoms with Crippen LogP contribution in [0.25, 0.3) is 0 Å². The summed E-state index contributed by atoms with van der Waals surface area (Å²) in [6.45, 7) is 3.43. The number of hydrogen-bond acceptors (Lipinski definition) is 3. The fraction of sp³-hybridized carbons (Fsp3) is 0.591. The second-order valence-electron chi connectivity index (χ2n) is 8.04. The summed E-state index contributed by atoms with van der Waals surface area (Å²) in [6, 6.07) is 7.65. The highest BCUT2D eigenvalue weighted by molar-refractivity contribution is 7.80. The highest BCUT2D eigenvalue weighted by Crippen LogP contribution is 2.33. The van der Waals surface area contributed by atoms with Crippen molar-refractivity contribution in [2.75, 3.05) is 13.1 Å². The second kappa shape index (κ2) is 10.4. The first-order valence-corrected chi connectivity index (χ1v) is 11.4. The van der Waals surface area contributed by atoms with Gasteiger partial charge in [0.05, 0.1) is 5.92 Å². The highest BCUT2D eigenvalue weighted by Gasteiger charge is 2.43. The van der Waals surface area contributed by atoms with Crippen LogP contribution in [0, 0.1) is 11.8 Å². The third-order valence-corrected chi connectivity index (χ3v) is 6.56. The van der Waals surface area contributed by atoms with Gasteiger partial charge in [-0.05, 0) is 62.0 Å². The summed E-state index contributed by atoms with van der Waals surface area (Å²) in [5.74, 6) is 0.0667. The van der Waals surface area contributed by atoms with Gasteiger partial charge >= 0.3 is 0 Å². The van der Waals surface area contributed by atoms with Crippen LogP contribution in [0.15, 0.2) is 24.3 Å². The maximum atomic E-state index is 12.9. The van der Waals surface area contributed by atoms with Gasteiger partial charge in [-0.3, -0.25) is 14.5 Å². The maximum Gasteiger partial charge on any atom is 0.233 e. The van der Waals surface area contributed by atoms with Crippen LogP contribution in [-0.2, 0) is 16.0 Å². The fourth-order valence-corrected chi connectivity index (χ4v) is 4.72. The van der Waals surface area contributed by atoms with Gasteiger partial charge < -0.3 is 10.6 Å².